The van der Waals surface area contributed by atoms with Crippen LogP contribution < -0.4 is 25.0 Å². The molecule has 0 amide bonds. The van der Waals surface area contributed by atoms with Crippen molar-refractivity contribution in [3.63, 3.8) is 0 Å². The van der Waals surface area contributed by atoms with Gasteiger partial charge in [-0.2, -0.15) is 0 Å². The number of morpholine rings is 1. The van der Waals surface area contributed by atoms with E-state index in [0.29, 0.717) is 24.4 Å². The van der Waals surface area contributed by atoms with Crippen LogP contribution in [0.15, 0.2) is 12.1 Å². The molecule has 1 aliphatic heterocycles. The van der Waals surface area contributed by atoms with Gasteiger partial charge in [0.2, 0.25) is 0 Å². The predicted molar refractivity (Wildman–Crippen MR) is 104 cm³/mol. The van der Waals surface area contributed by atoms with E-state index in [-0.39, 0.29) is 0 Å². The van der Waals surface area contributed by atoms with Gasteiger partial charge in [0.05, 0.1) is 37.8 Å². The lowest BCUT2D eigenvalue weighted by atomic mass is 10.2. The summed E-state index contributed by atoms with van der Waals surface area (Å²) in [5.41, 5.74) is 1.88. The van der Waals surface area contributed by atoms with E-state index in [4.69, 9.17) is 26.4 Å². The lowest BCUT2D eigenvalue weighted by molar-refractivity contribution is 0.122. The number of nitrogens with zero attached hydrogens (tertiary/aromatic N) is 1. The number of hydrogen-bond acceptors (Lipinski definition) is 5. The predicted octanol–water partition coefficient (Wildman–Crippen LogP) is 2.77. The number of ether oxygens (including phenoxy) is 3. The first-order chi connectivity index (χ1) is 12.2. The van der Waals surface area contributed by atoms with Gasteiger partial charge < -0.3 is 29.7 Å². The molecule has 1 saturated carbocycles. The van der Waals surface area contributed by atoms with Gasteiger partial charge in [0.1, 0.15) is 11.5 Å². The molecule has 2 aliphatic rings. The van der Waals surface area contributed by atoms with E-state index >= 15 is 0 Å². The van der Waals surface area contributed by atoms with Crippen LogP contribution in [0.4, 0.5) is 11.4 Å². The molecule has 0 atom stereocenters. The van der Waals surface area contributed by atoms with Gasteiger partial charge in [0.15, 0.2) is 5.11 Å². The van der Waals surface area contributed by atoms with Gasteiger partial charge in [-0.1, -0.05) is 0 Å². The first-order valence-corrected chi connectivity index (χ1v) is 9.46. The average Bonchev–Trinajstić information content (AvgIpc) is 3.42. The topological polar surface area (TPSA) is 55.0 Å². The minimum absolute atomic E-state index is 0.509. The summed E-state index contributed by atoms with van der Waals surface area (Å²) in [5, 5.41) is 7.20. The van der Waals surface area contributed by atoms with Crippen LogP contribution in [-0.4, -0.2) is 50.7 Å². The molecule has 138 valence electrons. The first kappa shape index (κ1) is 18.1. The van der Waals surface area contributed by atoms with Crippen LogP contribution in [0.3, 0.4) is 0 Å². The molecular formula is C18H27N3O3S. The van der Waals surface area contributed by atoms with Crippen molar-refractivity contribution in [2.45, 2.75) is 32.7 Å². The second-order valence-electron chi connectivity index (χ2n) is 6.15. The molecule has 2 N–H and O–H groups in total. The Hall–Kier alpha value is -1.73. The van der Waals surface area contributed by atoms with E-state index in [9.17, 15) is 0 Å². The van der Waals surface area contributed by atoms with Gasteiger partial charge in [0, 0.05) is 31.3 Å². The van der Waals surface area contributed by atoms with Crippen molar-refractivity contribution in [2.75, 3.05) is 49.7 Å². The summed E-state index contributed by atoms with van der Waals surface area (Å²) in [4.78, 5) is 2.28. The molecule has 0 bridgehead atoms. The van der Waals surface area contributed by atoms with E-state index in [1.54, 1.807) is 0 Å². The first-order valence-electron chi connectivity index (χ1n) is 9.05. The Morgan fingerprint density at radius 3 is 2.48 bits per heavy atom. The van der Waals surface area contributed by atoms with Gasteiger partial charge >= 0.3 is 0 Å². The number of thiocarbonyl (C=S) groups is 1. The fourth-order valence-electron chi connectivity index (χ4n) is 2.82. The van der Waals surface area contributed by atoms with Gasteiger partial charge in [0.25, 0.3) is 0 Å². The Bertz CT molecular complexity index is 601. The smallest absolute Gasteiger partial charge is 0.171 e. The van der Waals surface area contributed by atoms with Crippen LogP contribution in [-0.2, 0) is 4.74 Å². The number of anilines is 2. The van der Waals surface area contributed by atoms with Crippen LogP contribution in [0.1, 0.15) is 26.7 Å². The van der Waals surface area contributed by atoms with Crippen molar-refractivity contribution in [3.8, 4) is 11.5 Å². The number of rotatable bonds is 7. The lowest BCUT2D eigenvalue weighted by Gasteiger charge is -2.31. The van der Waals surface area contributed by atoms with Crippen molar-refractivity contribution in [2.24, 2.45) is 0 Å². The third-order valence-electron chi connectivity index (χ3n) is 4.17. The molecule has 25 heavy (non-hydrogen) atoms. The maximum absolute atomic E-state index is 5.90. The molecule has 0 radical (unpaired) electrons. The normalized spacial score (nSPS) is 17.1. The largest absolute Gasteiger partial charge is 0.492 e. The van der Waals surface area contributed by atoms with Crippen molar-refractivity contribution in [1.82, 2.24) is 5.32 Å². The Morgan fingerprint density at radius 1 is 1.16 bits per heavy atom. The summed E-state index contributed by atoms with van der Waals surface area (Å²) in [7, 11) is 0. The molecule has 1 aromatic carbocycles. The summed E-state index contributed by atoms with van der Waals surface area (Å²) in [5.74, 6) is 1.62. The molecule has 0 unspecified atom stereocenters. The highest BCUT2D eigenvalue weighted by Gasteiger charge is 2.23. The molecule has 2 fully saturated rings. The molecule has 7 heteroatoms. The second-order valence-corrected chi connectivity index (χ2v) is 6.56. The molecule has 1 heterocycles. The monoisotopic (exact) mass is 365 g/mol. The summed E-state index contributed by atoms with van der Waals surface area (Å²) in [6.07, 6.45) is 2.36. The van der Waals surface area contributed by atoms with Crippen molar-refractivity contribution >= 4 is 28.7 Å². The highest BCUT2D eigenvalue weighted by molar-refractivity contribution is 7.80. The zero-order valence-electron chi connectivity index (χ0n) is 15.0. The molecular weight excluding hydrogens is 338 g/mol. The number of hydrogen-bond donors (Lipinski definition) is 2. The van der Waals surface area contributed by atoms with Crippen LogP contribution in [0.5, 0.6) is 11.5 Å². The zero-order valence-corrected chi connectivity index (χ0v) is 15.8. The minimum atomic E-state index is 0.509. The standard InChI is InChI=1S/C18H27N3O3S/c1-3-23-16-12-15(21-7-9-22-10-8-21)17(24-4-2)11-14(16)20-18(25)19-13-5-6-13/h11-13H,3-10H2,1-2H3,(H2,19,20,25). The fourth-order valence-corrected chi connectivity index (χ4v) is 3.09. The summed E-state index contributed by atoms with van der Waals surface area (Å²) in [6.45, 7) is 8.32. The SMILES string of the molecule is CCOc1cc(N2CCOCC2)c(OCC)cc1NC(=S)NC1CC1. The van der Waals surface area contributed by atoms with Crippen LogP contribution in [0.2, 0.25) is 0 Å². The molecule has 0 aromatic heterocycles. The van der Waals surface area contributed by atoms with E-state index in [2.05, 4.69) is 15.5 Å². The van der Waals surface area contributed by atoms with Crippen molar-refractivity contribution in [1.29, 1.82) is 0 Å². The van der Waals surface area contributed by atoms with E-state index in [0.717, 1.165) is 49.2 Å². The molecule has 1 saturated heterocycles. The van der Waals surface area contributed by atoms with Gasteiger partial charge in [-0.05, 0) is 38.9 Å². The van der Waals surface area contributed by atoms with Crippen LogP contribution >= 0.6 is 12.2 Å². The Morgan fingerprint density at radius 2 is 1.84 bits per heavy atom. The van der Waals surface area contributed by atoms with E-state index < -0.39 is 0 Å². The number of nitrogens with one attached hydrogen (secondary N) is 2. The van der Waals surface area contributed by atoms with Crippen LogP contribution in [0, 0.1) is 0 Å². The zero-order chi connectivity index (χ0) is 17.6. The Kier molecular flexibility index (Phi) is 6.20. The van der Waals surface area contributed by atoms with Gasteiger partial charge in [-0.3, -0.25) is 0 Å². The third kappa shape index (κ3) is 4.89. The van der Waals surface area contributed by atoms with Crippen molar-refractivity contribution in [3.05, 3.63) is 12.1 Å². The lowest BCUT2D eigenvalue weighted by Crippen LogP contribution is -2.36. The summed E-state index contributed by atoms with van der Waals surface area (Å²) in [6, 6.07) is 4.54. The van der Waals surface area contributed by atoms with Gasteiger partial charge in [-0.15, -0.1) is 0 Å². The van der Waals surface area contributed by atoms with Crippen molar-refractivity contribution < 1.29 is 14.2 Å². The summed E-state index contributed by atoms with van der Waals surface area (Å²) >= 11 is 5.42. The van der Waals surface area contributed by atoms with Crippen LogP contribution in [0.25, 0.3) is 0 Å². The molecule has 0 spiro atoms. The molecule has 1 aliphatic carbocycles. The molecule has 1 aromatic rings. The highest BCUT2D eigenvalue weighted by Crippen LogP contribution is 2.39. The van der Waals surface area contributed by atoms with E-state index in [1.807, 2.05) is 26.0 Å². The Balaban J connectivity index is 1.86. The maximum atomic E-state index is 5.90. The minimum Gasteiger partial charge on any atom is -0.492 e. The quantitative estimate of drug-likeness (QED) is 0.721. The van der Waals surface area contributed by atoms with Gasteiger partial charge in [-0.25, -0.2) is 0 Å². The molecule has 6 nitrogen and oxygen atoms in total. The summed E-state index contributed by atoms with van der Waals surface area (Å²) < 4.78 is 17.2. The highest BCUT2D eigenvalue weighted by atomic mass is 32.1. The molecule has 3 rings (SSSR count). The fraction of sp³-hybridized carbons (Fsp3) is 0.611. The third-order valence-corrected chi connectivity index (χ3v) is 4.39. The maximum Gasteiger partial charge on any atom is 0.171 e. The average molecular weight is 365 g/mol. The second kappa shape index (κ2) is 8.58. The van der Waals surface area contributed by atoms with E-state index in [1.165, 1.54) is 12.8 Å². The number of benzene rings is 1. The Labute approximate surface area is 154 Å².